The quantitative estimate of drug-likeness (QED) is 0.507. The van der Waals surface area contributed by atoms with Gasteiger partial charge >= 0.3 is 0 Å². The molecular weight excluding hydrogens is 376 g/mol. The van der Waals surface area contributed by atoms with Crippen LogP contribution in [0, 0.1) is 6.57 Å². The van der Waals surface area contributed by atoms with Crippen molar-refractivity contribution < 1.29 is 16.1 Å². The maximum absolute atomic E-state index is 8.90. The summed E-state index contributed by atoms with van der Waals surface area (Å²) in [4.78, 5) is 8.02. The van der Waals surface area contributed by atoms with Gasteiger partial charge in [-0.3, -0.25) is 0 Å². The first kappa shape index (κ1) is 14.8. The van der Waals surface area contributed by atoms with Crippen molar-refractivity contribution in [3.05, 3.63) is 58.9 Å². The highest BCUT2D eigenvalue weighted by Crippen LogP contribution is 2.38. The summed E-state index contributed by atoms with van der Waals surface area (Å²) in [5.74, 6) is 0.918. The second-order valence-corrected chi connectivity index (χ2v) is 7.15. The van der Waals surface area contributed by atoms with E-state index in [2.05, 4.69) is 20.3 Å². The Balaban J connectivity index is 1.70. The van der Waals surface area contributed by atoms with E-state index in [1.54, 1.807) is 36.4 Å². The van der Waals surface area contributed by atoms with Crippen molar-refractivity contribution >= 4 is 5.69 Å². The van der Waals surface area contributed by atoms with Crippen LogP contribution in [0.3, 0.4) is 0 Å². The highest BCUT2D eigenvalue weighted by molar-refractivity contribution is 5.70. The van der Waals surface area contributed by atoms with Gasteiger partial charge in [0.1, 0.15) is 5.75 Å². The number of nitrogens with one attached hydrogen (secondary N) is 1. The number of hydrogen-bond acceptors (Lipinski definition) is 5. The van der Waals surface area contributed by atoms with Crippen molar-refractivity contribution in [2.45, 2.75) is 52.1 Å². The SMILES string of the molecule is [2H]C([2H])(C)CN[C@]1([2H])c2cccc(-c3noc(-c4ccc(OC(C)C)c([N+]#[C-])c4)n3)c2CC1([2H])[2H]. The summed E-state index contributed by atoms with van der Waals surface area (Å²) < 4.78 is 52.7. The van der Waals surface area contributed by atoms with Gasteiger partial charge in [0.25, 0.3) is 5.89 Å². The predicted molar refractivity (Wildman–Crippen MR) is 117 cm³/mol. The summed E-state index contributed by atoms with van der Waals surface area (Å²) in [6, 6.07) is 8.33. The van der Waals surface area contributed by atoms with Crippen LogP contribution in [0.25, 0.3) is 27.7 Å². The van der Waals surface area contributed by atoms with Crippen LogP contribution in [0.15, 0.2) is 40.9 Å². The summed E-state index contributed by atoms with van der Waals surface area (Å²) in [5, 5.41) is 6.89. The van der Waals surface area contributed by atoms with E-state index in [-0.39, 0.29) is 30.8 Å². The number of ether oxygens (including phenoxy) is 1. The van der Waals surface area contributed by atoms with Crippen LogP contribution in [-0.2, 0) is 6.42 Å². The van der Waals surface area contributed by atoms with Gasteiger partial charge in [0.2, 0.25) is 11.5 Å². The monoisotopic (exact) mass is 407 g/mol. The minimum atomic E-state index is -1.99. The van der Waals surface area contributed by atoms with Crippen LogP contribution < -0.4 is 10.1 Å². The Morgan fingerprint density at radius 3 is 3.07 bits per heavy atom. The van der Waals surface area contributed by atoms with Crippen LogP contribution >= 0.6 is 0 Å². The zero-order valence-electron chi connectivity index (χ0n) is 22.1. The lowest BCUT2D eigenvalue weighted by Crippen LogP contribution is -2.19. The molecule has 1 N–H and O–H groups in total. The lowest BCUT2D eigenvalue weighted by molar-refractivity contribution is 0.244. The van der Waals surface area contributed by atoms with Gasteiger partial charge in [0.15, 0.2) is 0 Å². The first-order valence-electron chi connectivity index (χ1n) is 12.2. The molecule has 0 unspecified atom stereocenters. The Hall–Kier alpha value is -3.17. The first-order valence-corrected chi connectivity index (χ1v) is 9.75. The molecule has 0 amide bonds. The fourth-order valence-corrected chi connectivity index (χ4v) is 3.37. The van der Waals surface area contributed by atoms with Crippen molar-refractivity contribution in [1.82, 2.24) is 15.5 Å². The fraction of sp³-hybridized carbons (Fsp3) is 0.375. The number of aromatic nitrogens is 2. The van der Waals surface area contributed by atoms with E-state index in [1.807, 2.05) is 13.8 Å². The normalized spacial score (nSPS) is 22.3. The Labute approximate surface area is 184 Å². The summed E-state index contributed by atoms with van der Waals surface area (Å²) >= 11 is 0. The molecule has 0 radical (unpaired) electrons. The van der Waals surface area contributed by atoms with Crippen molar-refractivity contribution in [3.8, 4) is 28.6 Å². The number of rotatable bonds is 7. The van der Waals surface area contributed by atoms with Gasteiger partial charge in [-0.25, -0.2) is 4.85 Å². The van der Waals surface area contributed by atoms with Crippen LogP contribution in [0.1, 0.15) is 57.5 Å². The topological polar surface area (TPSA) is 64.5 Å². The van der Waals surface area contributed by atoms with E-state index in [0.717, 1.165) is 0 Å². The number of fused-ring (bicyclic) bond motifs is 1. The summed E-state index contributed by atoms with van der Waals surface area (Å²) in [6.07, 6.45) is -3.73. The van der Waals surface area contributed by atoms with Crippen LogP contribution in [0.5, 0.6) is 5.75 Å². The van der Waals surface area contributed by atoms with Gasteiger partial charge in [-0.1, -0.05) is 30.3 Å². The maximum atomic E-state index is 8.90. The highest BCUT2D eigenvalue weighted by Gasteiger charge is 2.26. The standard InChI is InChI=1S/C24H26N4O2/c1-5-13-26-20-11-10-17-18(20)7-6-8-19(17)23-27-24(30-28-23)16-9-12-22(29-15(2)3)21(14-16)25-4/h6-9,12,14-15,20,26H,5,10-11,13H2,1-3H3/t20-/m0/s1/i5D2,11D2,20D. The maximum Gasteiger partial charge on any atom is 0.256 e. The Morgan fingerprint density at radius 1 is 1.43 bits per heavy atom. The third-order valence-corrected chi connectivity index (χ3v) is 4.69. The number of nitrogens with zero attached hydrogens (tertiary/aromatic N) is 3. The zero-order chi connectivity index (χ0) is 25.6. The van der Waals surface area contributed by atoms with Crippen LogP contribution in [-0.4, -0.2) is 22.8 Å². The summed E-state index contributed by atoms with van der Waals surface area (Å²) in [5.41, 5.74) is 2.41. The van der Waals surface area contributed by atoms with Gasteiger partial charge in [-0.05, 0) is 68.9 Å². The van der Waals surface area contributed by atoms with E-state index in [0.29, 0.717) is 33.7 Å². The molecule has 0 bridgehead atoms. The average Bonchev–Trinajstić information content (AvgIpc) is 3.33. The van der Waals surface area contributed by atoms with Gasteiger partial charge in [0.05, 0.1) is 14.0 Å². The van der Waals surface area contributed by atoms with Gasteiger partial charge in [-0.2, -0.15) is 4.98 Å². The minimum absolute atomic E-state index is 0.0608. The molecule has 1 aliphatic rings. The van der Waals surface area contributed by atoms with E-state index in [9.17, 15) is 0 Å². The molecule has 2 aromatic carbocycles. The van der Waals surface area contributed by atoms with Crippen molar-refractivity contribution in [2.75, 3.05) is 6.54 Å². The molecule has 0 fully saturated rings. The van der Waals surface area contributed by atoms with Crippen LogP contribution in [0.4, 0.5) is 5.69 Å². The molecule has 0 aliphatic heterocycles. The molecule has 4 rings (SSSR count). The first-order chi connectivity index (χ1) is 16.3. The molecule has 30 heavy (non-hydrogen) atoms. The largest absolute Gasteiger partial charge is 0.502 e. The number of benzene rings is 2. The van der Waals surface area contributed by atoms with E-state index < -0.39 is 18.8 Å². The van der Waals surface area contributed by atoms with Gasteiger partial charge in [-0.15, -0.1) is 0 Å². The average molecular weight is 408 g/mol. The molecule has 1 heterocycles. The second-order valence-electron chi connectivity index (χ2n) is 7.15. The summed E-state index contributed by atoms with van der Waals surface area (Å²) in [7, 11) is 0. The molecule has 1 aromatic heterocycles. The summed E-state index contributed by atoms with van der Waals surface area (Å²) in [6.45, 7) is 12.4. The molecule has 3 aromatic rings. The predicted octanol–water partition coefficient (Wildman–Crippen LogP) is 5.73. The lowest BCUT2D eigenvalue weighted by Gasteiger charge is -2.13. The lowest BCUT2D eigenvalue weighted by atomic mass is 10.0. The van der Waals surface area contributed by atoms with Gasteiger partial charge < -0.3 is 14.6 Å². The molecule has 6 heteroatoms. The van der Waals surface area contributed by atoms with Crippen molar-refractivity contribution in [1.29, 1.82) is 0 Å². The van der Waals surface area contributed by atoms with E-state index >= 15 is 0 Å². The molecule has 0 saturated carbocycles. The third kappa shape index (κ3) is 3.94. The fourth-order valence-electron chi connectivity index (χ4n) is 3.37. The number of hydrogen-bond donors (Lipinski definition) is 1. The molecule has 1 atom stereocenters. The molecule has 1 aliphatic carbocycles. The van der Waals surface area contributed by atoms with Crippen LogP contribution in [0.2, 0.25) is 0 Å². The highest BCUT2D eigenvalue weighted by atomic mass is 16.5. The van der Waals surface area contributed by atoms with E-state index in [1.165, 1.54) is 6.92 Å². The zero-order valence-corrected chi connectivity index (χ0v) is 17.1. The Morgan fingerprint density at radius 2 is 2.30 bits per heavy atom. The van der Waals surface area contributed by atoms with Crippen molar-refractivity contribution in [3.63, 3.8) is 0 Å². The minimum Gasteiger partial charge on any atom is -0.502 e. The second kappa shape index (κ2) is 8.68. The third-order valence-electron chi connectivity index (χ3n) is 4.69. The Bertz CT molecular complexity index is 1300. The smallest absolute Gasteiger partial charge is 0.256 e. The molecular formula is C24H26N4O2. The molecule has 0 spiro atoms. The van der Waals surface area contributed by atoms with Gasteiger partial charge in [0, 0.05) is 22.6 Å². The molecule has 154 valence electrons. The van der Waals surface area contributed by atoms with E-state index in [4.69, 9.17) is 22.7 Å². The Kier molecular flexibility index (Phi) is 4.27. The molecule has 0 saturated heterocycles. The van der Waals surface area contributed by atoms with Crippen molar-refractivity contribution in [2.24, 2.45) is 0 Å². The molecule has 6 nitrogen and oxygen atoms in total.